The van der Waals surface area contributed by atoms with Crippen molar-refractivity contribution in [1.82, 2.24) is 9.97 Å². The molecule has 0 aliphatic carbocycles. The second-order valence-electron chi connectivity index (χ2n) is 1.79. The van der Waals surface area contributed by atoms with Crippen LogP contribution in [-0.2, 0) is 0 Å². The number of rotatable bonds is 0. The Balaban J connectivity index is 3.34. The molecule has 0 bridgehead atoms. The van der Waals surface area contributed by atoms with E-state index >= 15 is 0 Å². The summed E-state index contributed by atoms with van der Waals surface area (Å²) in [6.45, 7) is 0. The highest BCUT2D eigenvalue weighted by Gasteiger charge is 2.02. The number of hydrogen-bond donors (Lipinski definition) is 2. The highest BCUT2D eigenvalue weighted by Crippen LogP contribution is 2.02. The van der Waals surface area contributed by atoms with Gasteiger partial charge in [0.1, 0.15) is 0 Å². The predicted molar refractivity (Wildman–Crippen MR) is 39.0 cm³/mol. The Bertz CT molecular complexity index is 444. The highest BCUT2D eigenvalue weighted by molar-refractivity contribution is 5.41. The molecule has 1 aromatic heterocycles. The zero-order valence-electron chi connectivity index (χ0n) is 5.83. The largest absolute Gasteiger partial charge is 0.492 e. The zero-order chi connectivity index (χ0) is 8.97. The van der Waals surface area contributed by atoms with E-state index in [1.807, 2.05) is 5.92 Å². The van der Waals surface area contributed by atoms with Gasteiger partial charge in [-0.3, -0.25) is 4.79 Å². The smallest absolute Gasteiger partial charge is 0.270 e. The van der Waals surface area contributed by atoms with Crippen LogP contribution in [0.2, 0.25) is 0 Å². The average Bonchev–Trinajstić information content (AvgIpc) is 2.04. The fraction of sp³-hybridized carbons (Fsp3) is 0. The molecule has 0 aliphatic heterocycles. The third-order valence-corrected chi connectivity index (χ3v) is 1.08. The lowest BCUT2D eigenvalue weighted by Crippen LogP contribution is -2.09. The summed E-state index contributed by atoms with van der Waals surface area (Å²) in [4.78, 5) is 16.5. The van der Waals surface area contributed by atoms with Gasteiger partial charge in [-0.25, -0.2) is 4.98 Å². The molecule has 1 aromatic rings. The molecule has 1 rings (SSSR count). The van der Waals surface area contributed by atoms with Crippen LogP contribution in [0.1, 0.15) is 5.56 Å². The van der Waals surface area contributed by atoms with Crippen molar-refractivity contribution in [2.45, 2.75) is 0 Å². The first kappa shape index (κ1) is 7.83. The Morgan fingerprint density at radius 3 is 3.00 bits per heavy atom. The molecule has 58 valence electrons. The molecule has 5 heteroatoms. The van der Waals surface area contributed by atoms with Gasteiger partial charge >= 0.3 is 0 Å². The molecule has 2 N–H and O–H groups in total. The Morgan fingerprint density at radius 1 is 1.67 bits per heavy atom. The number of aromatic hydroxyl groups is 1. The summed E-state index contributed by atoms with van der Waals surface area (Å²) in [6, 6.07) is 1.52. The zero-order valence-corrected chi connectivity index (χ0v) is 5.83. The van der Waals surface area contributed by atoms with Gasteiger partial charge in [-0.05, 0) is 5.92 Å². The third-order valence-electron chi connectivity index (χ3n) is 1.08. The Morgan fingerprint density at radius 2 is 2.42 bits per heavy atom. The van der Waals surface area contributed by atoms with E-state index in [-0.39, 0.29) is 5.56 Å². The van der Waals surface area contributed by atoms with Crippen LogP contribution in [0.5, 0.6) is 5.88 Å². The van der Waals surface area contributed by atoms with Crippen molar-refractivity contribution >= 4 is 0 Å². The number of nitriles is 1. The SMILES string of the molecule is N#CC#Cc1c(O)nc[nH]c1=O. The molecule has 0 saturated carbocycles. The minimum atomic E-state index is -0.565. The summed E-state index contributed by atoms with van der Waals surface area (Å²) < 4.78 is 0. The first-order valence-electron chi connectivity index (χ1n) is 2.92. The second-order valence-corrected chi connectivity index (χ2v) is 1.79. The predicted octanol–water partition coefficient (Wildman–Crippen LogP) is -0.649. The van der Waals surface area contributed by atoms with Gasteiger partial charge in [-0.2, -0.15) is 5.26 Å². The van der Waals surface area contributed by atoms with Crippen molar-refractivity contribution < 1.29 is 5.11 Å². The van der Waals surface area contributed by atoms with Crippen LogP contribution in [0.15, 0.2) is 11.1 Å². The van der Waals surface area contributed by atoms with E-state index < -0.39 is 11.4 Å². The molecule has 0 unspecified atom stereocenters. The molecule has 0 atom stereocenters. The van der Waals surface area contributed by atoms with E-state index in [0.29, 0.717) is 0 Å². The topological polar surface area (TPSA) is 89.8 Å². The molecule has 0 spiro atoms. The van der Waals surface area contributed by atoms with Crippen LogP contribution >= 0.6 is 0 Å². The molecule has 1 heterocycles. The van der Waals surface area contributed by atoms with Crippen molar-refractivity contribution in [3.63, 3.8) is 0 Å². The quantitative estimate of drug-likeness (QED) is 0.495. The standard InChI is InChI=1S/C7H3N3O2/c8-3-1-2-5-6(11)9-4-10-7(5)12/h4H,(H2,9,10,11,12). The maximum absolute atomic E-state index is 10.9. The van der Waals surface area contributed by atoms with Gasteiger partial charge in [0.25, 0.3) is 5.56 Å². The summed E-state index contributed by atoms with van der Waals surface area (Å²) in [5.41, 5.74) is -0.760. The fourth-order valence-electron chi connectivity index (χ4n) is 0.593. The maximum atomic E-state index is 10.9. The lowest BCUT2D eigenvalue weighted by Gasteiger charge is -1.90. The lowest BCUT2D eigenvalue weighted by atomic mass is 10.3. The van der Waals surface area contributed by atoms with Crippen molar-refractivity contribution in [2.24, 2.45) is 0 Å². The summed E-state index contributed by atoms with van der Waals surface area (Å²) in [7, 11) is 0. The normalized spacial score (nSPS) is 7.92. The van der Waals surface area contributed by atoms with Crippen LogP contribution in [0, 0.1) is 23.2 Å². The second kappa shape index (κ2) is 3.22. The van der Waals surface area contributed by atoms with E-state index in [1.54, 1.807) is 0 Å². The summed E-state index contributed by atoms with van der Waals surface area (Å²) in [5.74, 6) is 3.67. The van der Waals surface area contributed by atoms with Crippen LogP contribution in [0.3, 0.4) is 0 Å². The van der Waals surface area contributed by atoms with Crippen molar-refractivity contribution in [2.75, 3.05) is 0 Å². The van der Waals surface area contributed by atoms with Gasteiger partial charge in [0.05, 0.1) is 6.33 Å². The number of H-pyrrole nitrogens is 1. The first-order chi connectivity index (χ1) is 5.75. The van der Waals surface area contributed by atoms with Crippen molar-refractivity contribution in [3.05, 3.63) is 22.2 Å². The van der Waals surface area contributed by atoms with E-state index in [9.17, 15) is 4.79 Å². The first-order valence-corrected chi connectivity index (χ1v) is 2.92. The van der Waals surface area contributed by atoms with Crippen LogP contribution in [-0.4, -0.2) is 15.1 Å². The maximum Gasteiger partial charge on any atom is 0.270 e. The number of aromatic amines is 1. The number of hydrogen-bond acceptors (Lipinski definition) is 4. The van der Waals surface area contributed by atoms with E-state index in [0.717, 1.165) is 6.33 Å². The number of aromatic nitrogens is 2. The van der Waals surface area contributed by atoms with Gasteiger partial charge in [-0.15, -0.1) is 0 Å². The van der Waals surface area contributed by atoms with Gasteiger partial charge in [0.2, 0.25) is 5.88 Å². The van der Waals surface area contributed by atoms with Gasteiger partial charge < -0.3 is 10.1 Å². The molecule has 12 heavy (non-hydrogen) atoms. The van der Waals surface area contributed by atoms with Gasteiger partial charge in [0, 0.05) is 5.92 Å². The van der Waals surface area contributed by atoms with E-state index in [4.69, 9.17) is 10.4 Å². The van der Waals surface area contributed by atoms with Crippen LogP contribution in [0.4, 0.5) is 0 Å². The molecule has 0 aromatic carbocycles. The Hall–Kier alpha value is -2.27. The molecule has 0 fully saturated rings. The summed E-state index contributed by atoms with van der Waals surface area (Å²) in [5, 5.41) is 17.0. The molecule has 0 aliphatic rings. The van der Waals surface area contributed by atoms with Crippen LogP contribution in [0.25, 0.3) is 0 Å². The monoisotopic (exact) mass is 161 g/mol. The highest BCUT2D eigenvalue weighted by atomic mass is 16.3. The Labute approximate surface area is 67.3 Å². The molecule has 5 nitrogen and oxygen atoms in total. The van der Waals surface area contributed by atoms with Crippen molar-refractivity contribution in [1.29, 1.82) is 5.26 Å². The summed E-state index contributed by atoms with van der Waals surface area (Å²) in [6.07, 6.45) is 1.05. The van der Waals surface area contributed by atoms with Gasteiger partial charge in [0.15, 0.2) is 11.6 Å². The van der Waals surface area contributed by atoms with Gasteiger partial charge in [-0.1, -0.05) is 0 Å². The number of nitrogens with zero attached hydrogens (tertiary/aromatic N) is 2. The Kier molecular flexibility index (Phi) is 2.10. The minimum absolute atomic E-state index is 0.195. The molecule has 0 radical (unpaired) electrons. The molecular formula is C7H3N3O2. The fourth-order valence-corrected chi connectivity index (χ4v) is 0.593. The van der Waals surface area contributed by atoms with E-state index in [2.05, 4.69) is 15.9 Å². The third kappa shape index (κ3) is 1.41. The molecule has 0 amide bonds. The average molecular weight is 161 g/mol. The van der Waals surface area contributed by atoms with Crippen LogP contribution < -0.4 is 5.56 Å². The molecule has 0 saturated heterocycles. The molecular weight excluding hydrogens is 158 g/mol. The minimum Gasteiger partial charge on any atom is -0.492 e. The summed E-state index contributed by atoms with van der Waals surface area (Å²) >= 11 is 0. The van der Waals surface area contributed by atoms with Crippen molar-refractivity contribution in [3.8, 4) is 23.8 Å². The van der Waals surface area contributed by atoms with E-state index in [1.165, 1.54) is 6.07 Å². The number of nitrogens with one attached hydrogen (secondary N) is 1. The lowest BCUT2D eigenvalue weighted by molar-refractivity contribution is 0.449.